The highest BCUT2D eigenvalue weighted by atomic mass is 127. The quantitative estimate of drug-likeness (QED) is 0.340. The standard InChI is InChI=1S/C21H24N3O.HI/c1-15-12-16(2)24(22(15)3)14-17(25)13-23-20-10-6-4-8-18(20)19-9-5-7-11-21(19)23;/h4-12,17,25H,13-14H2,1-3H3;1H/q+1;/p-1. The van der Waals surface area contributed by atoms with E-state index in [0.29, 0.717) is 13.1 Å². The molecular formula is C21H24IN3O. The summed E-state index contributed by atoms with van der Waals surface area (Å²) in [6, 6.07) is 19.0. The van der Waals surface area contributed by atoms with Gasteiger partial charge < -0.3 is 33.7 Å². The predicted molar refractivity (Wildman–Crippen MR) is 101 cm³/mol. The first-order valence-corrected chi connectivity index (χ1v) is 8.73. The van der Waals surface area contributed by atoms with Crippen molar-refractivity contribution < 1.29 is 33.8 Å². The lowest BCUT2D eigenvalue weighted by Crippen LogP contribution is -3.00. The first-order chi connectivity index (χ1) is 12.1. The van der Waals surface area contributed by atoms with Crippen LogP contribution in [0.5, 0.6) is 0 Å². The van der Waals surface area contributed by atoms with Crippen LogP contribution < -0.4 is 28.7 Å². The van der Waals surface area contributed by atoms with Gasteiger partial charge in [-0.2, -0.15) is 4.68 Å². The van der Waals surface area contributed by atoms with Crippen LogP contribution >= 0.6 is 0 Å². The van der Waals surface area contributed by atoms with Crippen LogP contribution in [0, 0.1) is 13.8 Å². The van der Waals surface area contributed by atoms with Crippen molar-refractivity contribution in [1.29, 1.82) is 0 Å². The summed E-state index contributed by atoms with van der Waals surface area (Å²) in [7, 11) is 2.04. The molecule has 1 atom stereocenters. The molecule has 4 rings (SSSR count). The molecule has 2 heterocycles. The highest BCUT2D eigenvalue weighted by Crippen LogP contribution is 2.28. The van der Waals surface area contributed by atoms with Crippen molar-refractivity contribution in [3.8, 4) is 0 Å². The van der Waals surface area contributed by atoms with Crippen molar-refractivity contribution in [2.24, 2.45) is 7.05 Å². The van der Waals surface area contributed by atoms with E-state index in [1.54, 1.807) is 0 Å². The van der Waals surface area contributed by atoms with Crippen molar-refractivity contribution >= 4 is 21.8 Å². The fourth-order valence-corrected chi connectivity index (χ4v) is 3.83. The zero-order valence-corrected chi connectivity index (χ0v) is 17.5. The number of aliphatic hydroxyl groups excluding tert-OH is 1. The molecule has 0 fully saturated rings. The Labute approximate surface area is 170 Å². The maximum Gasteiger partial charge on any atom is 0.204 e. The van der Waals surface area contributed by atoms with E-state index in [1.165, 1.54) is 33.2 Å². The third-order valence-corrected chi connectivity index (χ3v) is 5.15. The van der Waals surface area contributed by atoms with E-state index in [0.717, 1.165) is 0 Å². The summed E-state index contributed by atoms with van der Waals surface area (Å²) in [6.07, 6.45) is -0.462. The van der Waals surface area contributed by atoms with Crippen LogP contribution in [0.3, 0.4) is 0 Å². The van der Waals surface area contributed by atoms with E-state index < -0.39 is 6.10 Å². The van der Waals surface area contributed by atoms with Gasteiger partial charge in [0, 0.05) is 34.8 Å². The van der Waals surface area contributed by atoms with E-state index in [2.05, 4.69) is 82.4 Å². The van der Waals surface area contributed by atoms with Gasteiger partial charge in [-0.15, -0.1) is 4.68 Å². The Kier molecular flexibility index (Phi) is 5.39. The van der Waals surface area contributed by atoms with Crippen molar-refractivity contribution in [3.05, 3.63) is 66.0 Å². The number of fused-ring (bicyclic) bond motifs is 3. The summed E-state index contributed by atoms with van der Waals surface area (Å²) in [5.41, 5.74) is 4.71. The first-order valence-electron chi connectivity index (χ1n) is 8.73. The highest BCUT2D eigenvalue weighted by Gasteiger charge is 2.19. The molecule has 5 heteroatoms. The Balaban J connectivity index is 0.00000196. The van der Waals surface area contributed by atoms with Crippen molar-refractivity contribution in [1.82, 2.24) is 9.25 Å². The molecule has 0 amide bonds. The third-order valence-electron chi connectivity index (χ3n) is 5.15. The van der Waals surface area contributed by atoms with Crippen LogP contribution in [0.2, 0.25) is 0 Å². The number of para-hydroxylation sites is 2. The van der Waals surface area contributed by atoms with Gasteiger partial charge >= 0.3 is 0 Å². The predicted octanol–water partition coefficient (Wildman–Crippen LogP) is 0.102. The van der Waals surface area contributed by atoms with Gasteiger partial charge in [0.15, 0.2) is 7.05 Å². The smallest absolute Gasteiger partial charge is 0.204 e. The summed E-state index contributed by atoms with van der Waals surface area (Å²) < 4.78 is 6.47. The maximum atomic E-state index is 10.8. The number of aromatic nitrogens is 3. The fraction of sp³-hybridized carbons (Fsp3) is 0.286. The second-order valence-electron chi connectivity index (χ2n) is 6.83. The van der Waals surface area contributed by atoms with Gasteiger partial charge in [0.2, 0.25) is 5.69 Å². The van der Waals surface area contributed by atoms with E-state index in [-0.39, 0.29) is 24.0 Å². The van der Waals surface area contributed by atoms with E-state index in [9.17, 15) is 5.11 Å². The van der Waals surface area contributed by atoms with Crippen molar-refractivity contribution in [2.75, 3.05) is 0 Å². The number of aliphatic hydroxyl groups is 1. The topological polar surface area (TPSA) is 34.0 Å². The third kappa shape index (κ3) is 3.14. The van der Waals surface area contributed by atoms with Crippen LogP contribution in [-0.2, 0) is 20.1 Å². The van der Waals surface area contributed by atoms with Gasteiger partial charge in [0.1, 0.15) is 6.54 Å². The van der Waals surface area contributed by atoms with Gasteiger partial charge in [-0.1, -0.05) is 36.4 Å². The monoisotopic (exact) mass is 461 g/mol. The fourth-order valence-electron chi connectivity index (χ4n) is 3.83. The number of aryl methyl sites for hydroxylation is 2. The van der Waals surface area contributed by atoms with Gasteiger partial charge in [-0.3, -0.25) is 0 Å². The number of benzene rings is 2. The van der Waals surface area contributed by atoms with E-state index >= 15 is 0 Å². The van der Waals surface area contributed by atoms with E-state index in [4.69, 9.17) is 0 Å². The normalized spacial score (nSPS) is 12.5. The Morgan fingerprint density at radius 1 is 0.923 bits per heavy atom. The van der Waals surface area contributed by atoms with Gasteiger partial charge in [-0.05, 0) is 19.1 Å². The summed E-state index contributed by atoms with van der Waals surface area (Å²) in [5, 5.41) is 13.3. The summed E-state index contributed by atoms with van der Waals surface area (Å²) in [5.74, 6) is 0. The first kappa shape index (κ1) is 18.9. The molecule has 0 aliphatic rings. The molecule has 4 nitrogen and oxygen atoms in total. The molecule has 0 saturated heterocycles. The van der Waals surface area contributed by atoms with Crippen LogP contribution in [0.15, 0.2) is 54.6 Å². The molecule has 0 spiro atoms. The highest BCUT2D eigenvalue weighted by molar-refractivity contribution is 6.07. The maximum absolute atomic E-state index is 10.8. The molecule has 1 N–H and O–H groups in total. The van der Waals surface area contributed by atoms with Crippen LogP contribution in [0.1, 0.15) is 11.4 Å². The molecule has 0 bridgehead atoms. The van der Waals surface area contributed by atoms with Crippen molar-refractivity contribution in [3.63, 3.8) is 0 Å². The lowest BCUT2D eigenvalue weighted by molar-refractivity contribution is -0.759. The summed E-state index contributed by atoms with van der Waals surface area (Å²) in [6.45, 7) is 5.32. The number of hydrogen-bond donors (Lipinski definition) is 1. The molecule has 4 aromatic rings. The number of nitrogens with zero attached hydrogens (tertiary/aromatic N) is 3. The molecule has 2 aromatic heterocycles. The minimum atomic E-state index is -0.462. The summed E-state index contributed by atoms with van der Waals surface area (Å²) >= 11 is 0. The molecule has 0 aliphatic heterocycles. The second-order valence-corrected chi connectivity index (χ2v) is 6.83. The molecule has 1 unspecified atom stereocenters. The Morgan fingerprint density at radius 2 is 1.46 bits per heavy atom. The molecule has 0 radical (unpaired) electrons. The Hall–Kier alpha value is -1.86. The zero-order valence-electron chi connectivity index (χ0n) is 15.4. The molecular weight excluding hydrogens is 437 g/mol. The van der Waals surface area contributed by atoms with Crippen LogP contribution in [-0.4, -0.2) is 20.5 Å². The number of halogens is 1. The molecule has 0 aliphatic carbocycles. The van der Waals surface area contributed by atoms with Crippen LogP contribution in [0.4, 0.5) is 0 Å². The minimum Gasteiger partial charge on any atom is -1.00 e. The summed E-state index contributed by atoms with van der Waals surface area (Å²) in [4.78, 5) is 0. The SMILES string of the molecule is Cc1cc(C)[n+](C)n1CC(O)Cn1c2ccccc2c2ccccc21.[I-]. The van der Waals surface area contributed by atoms with Crippen LogP contribution in [0.25, 0.3) is 21.8 Å². The number of rotatable bonds is 4. The van der Waals surface area contributed by atoms with E-state index in [1.807, 2.05) is 7.05 Å². The minimum absolute atomic E-state index is 0. The Morgan fingerprint density at radius 3 is 1.96 bits per heavy atom. The lowest BCUT2D eigenvalue weighted by atomic mass is 10.2. The number of hydrogen-bond acceptors (Lipinski definition) is 1. The molecule has 2 aromatic carbocycles. The largest absolute Gasteiger partial charge is 1.00 e. The average molecular weight is 461 g/mol. The molecule has 0 saturated carbocycles. The van der Waals surface area contributed by atoms with Gasteiger partial charge in [-0.25, -0.2) is 0 Å². The average Bonchev–Trinajstić information content (AvgIpc) is 3.05. The lowest BCUT2D eigenvalue weighted by Gasteiger charge is -2.14. The van der Waals surface area contributed by atoms with Gasteiger partial charge in [0.25, 0.3) is 0 Å². The Bertz CT molecular complexity index is 1010. The van der Waals surface area contributed by atoms with Crippen molar-refractivity contribution in [2.45, 2.75) is 33.0 Å². The zero-order chi connectivity index (χ0) is 17.6. The second kappa shape index (κ2) is 7.40. The van der Waals surface area contributed by atoms with Gasteiger partial charge in [0.05, 0.1) is 18.3 Å². The molecule has 26 heavy (non-hydrogen) atoms. The molecule has 136 valence electrons.